The molecule has 246 valence electrons. The maximum Gasteiger partial charge on any atom is 0.332 e. The summed E-state index contributed by atoms with van der Waals surface area (Å²) in [7, 11) is 3.90. The van der Waals surface area contributed by atoms with Gasteiger partial charge in [-0.2, -0.15) is 0 Å². The van der Waals surface area contributed by atoms with Crippen molar-refractivity contribution in [2.75, 3.05) is 34.5 Å². The molecule has 1 aromatic heterocycles. The molecule has 45 heavy (non-hydrogen) atoms. The Morgan fingerprint density at radius 3 is 1.78 bits per heavy atom. The van der Waals surface area contributed by atoms with Crippen molar-refractivity contribution in [3.63, 3.8) is 0 Å². The lowest BCUT2D eigenvalue weighted by atomic mass is 9.75. The molecule has 0 saturated carbocycles. The summed E-state index contributed by atoms with van der Waals surface area (Å²) in [5.41, 5.74) is -3.99. The van der Waals surface area contributed by atoms with Crippen LogP contribution >= 0.6 is 69.6 Å². The number of carbonyl (C=O) groups is 4. The Labute approximate surface area is 286 Å². The third-order valence-corrected chi connectivity index (χ3v) is 6.36. The monoisotopic (exact) mass is 750 g/mol. The molecule has 0 spiro atoms. The summed E-state index contributed by atoms with van der Waals surface area (Å²) in [5.74, 6) is -6.90. The highest BCUT2D eigenvalue weighted by molar-refractivity contribution is 6.68. The number of ether oxygens (including phenoxy) is 6. The summed E-state index contributed by atoms with van der Waals surface area (Å²) in [6.07, 6.45) is 0.991. The molecule has 0 atom stereocenters. The minimum atomic E-state index is -3.09. The van der Waals surface area contributed by atoms with Crippen LogP contribution in [0.4, 0.5) is 0 Å². The first-order chi connectivity index (χ1) is 20.8. The number of methoxy groups -OCH3 is 3. The maximum absolute atomic E-state index is 14.3. The van der Waals surface area contributed by atoms with Crippen LogP contribution in [0.25, 0.3) is 6.08 Å². The van der Waals surface area contributed by atoms with Gasteiger partial charge in [0.05, 0.1) is 21.3 Å². The number of hydrogen-bond donors (Lipinski definition) is 0. The zero-order valence-electron chi connectivity index (χ0n) is 23.8. The van der Waals surface area contributed by atoms with Gasteiger partial charge in [0.2, 0.25) is 35.7 Å². The Morgan fingerprint density at radius 1 is 0.844 bits per heavy atom. The average molecular weight is 753 g/mol. The van der Waals surface area contributed by atoms with Crippen LogP contribution < -0.4 is 24.4 Å². The van der Waals surface area contributed by atoms with E-state index in [0.29, 0.717) is 12.3 Å². The molecule has 2 rings (SSSR count). The van der Waals surface area contributed by atoms with E-state index >= 15 is 0 Å². The zero-order valence-corrected chi connectivity index (χ0v) is 28.3. The fraction of sp³-hybridized carbons (Fsp3) is 0.370. The summed E-state index contributed by atoms with van der Waals surface area (Å²) in [6.45, 7) is 2.84. The Kier molecular flexibility index (Phi) is 13.3. The summed E-state index contributed by atoms with van der Waals surface area (Å²) in [4.78, 5) is 66.1. The quantitative estimate of drug-likeness (QED) is 0.110. The van der Waals surface area contributed by atoms with Crippen LogP contribution in [-0.4, -0.2) is 65.8 Å². The third-order valence-electron chi connectivity index (χ3n) is 5.71. The van der Waals surface area contributed by atoms with Crippen molar-refractivity contribution in [3.05, 3.63) is 52.1 Å². The number of Topliss-reactive ketones (excluding diaryl/α,β-unsaturated/α-hetero) is 1. The standard InChI is InChI=1S/C27H24Cl6O12/c1-6-15-14(7-17(39-3)21(41-5)20(15)40-4)9-25(23(37)43-11-26(28,29)30,24(38)44-12-27(31,32)33)22(36)18-8-16(35)19(10-42-18)45-13(2)34/h6-8,10H,1,9,11-12H2,2-5H3. The first-order valence-electron chi connectivity index (χ1n) is 12.1. The predicted octanol–water partition coefficient (Wildman–Crippen LogP) is 5.47. The van der Waals surface area contributed by atoms with E-state index < -0.39 is 73.3 Å². The molecule has 12 nitrogen and oxygen atoms in total. The van der Waals surface area contributed by atoms with E-state index in [2.05, 4.69) is 6.58 Å². The summed E-state index contributed by atoms with van der Waals surface area (Å²) in [5, 5.41) is 0. The number of halogens is 6. The van der Waals surface area contributed by atoms with Gasteiger partial charge in [-0.15, -0.1) is 0 Å². The topological polar surface area (TPSA) is 154 Å². The SMILES string of the molecule is C=Cc1c(CC(C(=O)OCC(Cl)(Cl)Cl)(C(=O)OCC(Cl)(Cl)Cl)C(=O)c2cc(=O)c(OC(C)=O)co2)cc(OC)c(OC)c1OC. The van der Waals surface area contributed by atoms with Gasteiger partial charge in [-0.25, -0.2) is 0 Å². The molecule has 0 N–H and O–H groups in total. The van der Waals surface area contributed by atoms with Gasteiger partial charge in [-0.1, -0.05) is 82.3 Å². The van der Waals surface area contributed by atoms with Crippen LogP contribution in [0.1, 0.15) is 28.6 Å². The van der Waals surface area contributed by atoms with Crippen molar-refractivity contribution in [1.29, 1.82) is 0 Å². The molecule has 0 bridgehead atoms. The molecular weight excluding hydrogens is 729 g/mol. The summed E-state index contributed by atoms with van der Waals surface area (Å²) >= 11 is 34.6. The number of hydrogen-bond acceptors (Lipinski definition) is 12. The smallest absolute Gasteiger partial charge is 0.332 e. The lowest BCUT2D eigenvalue weighted by Crippen LogP contribution is -2.51. The summed E-state index contributed by atoms with van der Waals surface area (Å²) < 4.78 is 32.0. The molecule has 2 aromatic rings. The summed E-state index contributed by atoms with van der Waals surface area (Å²) in [6, 6.07) is 1.88. The van der Waals surface area contributed by atoms with Crippen LogP contribution in [0, 0.1) is 5.41 Å². The Bertz CT molecular complexity index is 1490. The molecule has 0 aliphatic heterocycles. The van der Waals surface area contributed by atoms with Gasteiger partial charge in [-0.3, -0.25) is 24.0 Å². The lowest BCUT2D eigenvalue weighted by molar-refractivity contribution is -0.168. The highest BCUT2D eigenvalue weighted by Gasteiger charge is 2.58. The molecule has 0 fully saturated rings. The van der Waals surface area contributed by atoms with Gasteiger partial charge < -0.3 is 32.8 Å². The fourth-order valence-electron chi connectivity index (χ4n) is 3.88. The first kappa shape index (κ1) is 38.3. The molecular formula is C27H24Cl6O12. The second kappa shape index (κ2) is 15.6. The normalized spacial score (nSPS) is 11.7. The molecule has 1 heterocycles. The number of alkyl halides is 6. The highest BCUT2D eigenvalue weighted by Crippen LogP contribution is 2.45. The number of ketones is 1. The first-order valence-corrected chi connectivity index (χ1v) is 14.4. The number of esters is 3. The fourth-order valence-corrected chi connectivity index (χ4v) is 4.20. The van der Waals surface area contributed by atoms with E-state index in [0.717, 1.165) is 6.92 Å². The average Bonchev–Trinajstić information content (AvgIpc) is 2.96. The van der Waals surface area contributed by atoms with Crippen LogP contribution in [0.15, 0.2) is 34.2 Å². The molecule has 0 radical (unpaired) electrons. The van der Waals surface area contributed by atoms with E-state index in [4.69, 9.17) is 102 Å². The van der Waals surface area contributed by atoms with Gasteiger partial charge in [0, 0.05) is 25.0 Å². The van der Waals surface area contributed by atoms with Gasteiger partial charge in [0.1, 0.15) is 19.5 Å². The van der Waals surface area contributed by atoms with Crippen LogP contribution in [0.2, 0.25) is 0 Å². The second-order valence-electron chi connectivity index (χ2n) is 8.78. The molecule has 0 aliphatic carbocycles. The molecule has 0 saturated heterocycles. The van der Waals surface area contributed by atoms with Crippen molar-refractivity contribution >= 4 is 99.4 Å². The second-order valence-corrected chi connectivity index (χ2v) is 13.8. The van der Waals surface area contributed by atoms with E-state index in [1.165, 1.54) is 33.5 Å². The van der Waals surface area contributed by atoms with Crippen LogP contribution in [-0.2, 0) is 30.3 Å². The van der Waals surface area contributed by atoms with Crippen molar-refractivity contribution in [2.24, 2.45) is 5.41 Å². The van der Waals surface area contributed by atoms with E-state index in [1.54, 1.807) is 0 Å². The predicted molar refractivity (Wildman–Crippen MR) is 165 cm³/mol. The van der Waals surface area contributed by atoms with Gasteiger partial charge in [0.25, 0.3) is 0 Å². The Hall–Kier alpha value is -2.87. The maximum atomic E-state index is 14.3. The molecule has 0 unspecified atom stereocenters. The van der Waals surface area contributed by atoms with Gasteiger partial charge in [-0.05, 0) is 11.6 Å². The molecule has 18 heteroatoms. The Balaban J connectivity index is 2.98. The molecule has 0 amide bonds. The highest BCUT2D eigenvalue weighted by atomic mass is 35.6. The van der Waals surface area contributed by atoms with E-state index in [9.17, 15) is 24.0 Å². The van der Waals surface area contributed by atoms with Crippen LogP contribution in [0.3, 0.4) is 0 Å². The Morgan fingerprint density at radius 2 is 1.38 bits per heavy atom. The van der Waals surface area contributed by atoms with Gasteiger partial charge in [0.15, 0.2) is 17.3 Å². The van der Waals surface area contributed by atoms with Gasteiger partial charge >= 0.3 is 17.9 Å². The largest absolute Gasteiger partial charge is 0.493 e. The lowest BCUT2D eigenvalue weighted by Gasteiger charge is -2.30. The number of rotatable bonds is 13. The van der Waals surface area contributed by atoms with Crippen molar-refractivity contribution in [3.8, 4) is 23.0 Å². The zero-order chi connectivity index (χ0) is 34.3. The third kappa shape index (κ3) is 9.57. The van der Waals surface area contributed by atoms with Crippen molar-refractivity contribution in [1.82, 2.24) is 0 Å². The molecule has 0 aliphatic rings. The van der Waals surface area contributed by atoms with E-state index in [1.807, 2.05) is 0 Å². The number of carbonyl (C=O) groups excluding carboxylic acids is 4. The van der Waals surface area contributed by atoms with Crippen molar-refractivity contribution in [2.45, 2.75) is 20.9 Å². The van der Waals surface area contributed by atoms with E-state index in [-0.39, 0.29) is 28.4 Å². The number of benzene rings is 1. The minimum Gasteiger partial charge on any atom is -0.493 e. The van der Waals surface area contributed by atoms with Crippen LogP contribution in [0.5, 0.6) is 23.0 Å². The molecule has 1 aromatic carbocycles. The minimum absolute atomic E-state index is 0.00315. The van der Waals surface area contributed by atoms with Crippen molar-refractivity contribution < 1.29 is 52.0 Å².